The second kappa shape index (κ2) is 9.88. The van der Waals surface area contributed by atoms with Crippen molar-refractivity contribution in [1.82, 2.24) is 15.0 Å². The minimum absolute atomic E-state index is 0.137. The van der Waals surface area contributed by atoms with Crippen LogP contribution in [0.3, 0.4) is 0 Å². The highest BCUT2D eigenvalue weighted by Gasteiger charge is 2.11. The Kier molecular flexibility index (Phi) is 7.02. The van der Waals surface area contributed by atoms with Crippen molar-refractivity contribution in [2.24, 2.45) is 0 Å². The van der Waals surface area contributed by atoms with Crippen molar-refractivity contribution in [2.45, 2.75) is 24.8 Å². The Labute approximate surface area is 173 Å². The van der Waals surface area contributed by atoms with Gasteiger partial charge in [-0.2, -0.15) is 0 Å². The molecular weight excluding hydrogens is 388 g/mol. The number of aryl methyl sites for hydroxylation is 2. The zero-order valence-electron chi connectivity index (χ0n) is 16.5. The fourth-order valence-electron chi connectivity index (χ4n) is 2.57. The van der Waals surface area contributed by atoms with E-state index < -0.39 is 0 Å². The number of anilines is 1. The van der Waals surface area contributed by atoms with Gasteiger partial charge in [-0.1, -0.05) is 30.0 Å². The Bertz CT molecular complexity index is 963. The normalized spacial score (nSPS) is 10.4. The molecule has 8 heteroatoms. The van der Waals surface area contributed by atoms with Gasteiger partial charge in [0.05, 0.1) is 19.0 Å². The van der Waals surface area contributed by atoms with Crippen LogP contribution < -0.4 is 14.8 Å². The summed E-state index contributed by atoms with van der Waals surface area (Å²) in [5.41, 5.74) is 3.35. The lowest BCUT2D eigenvalue weighted by Crippen LogP contribution is -2.20. The Morgan fingerprint density at radius 2 is 1.79 bits per heavy atom. The minimum Gasteiger partial charge on any atom is -0.491 e. The molecule has 0 unspecified atom stereocenters. The molecule has 3 aromatic rings. The van der Waals surface area contributed by atoms with Gasteiger partial charge in [-0.25, -0.2) is 9.97 Å². The molecule has 0 saturated carbocycles. The van der Waals surface area contributed by atoms with Gasteiger partial charge in [0.15, 0.2) is 23.3 Å². The Hall–Kier alpha value is -3.13. The van der Waals surface area contributed by atoms with E-state index in [0.29, 0.717) is 28.1 Å². The van der Waals surface area contributed by atoms with Crippen LogP contribution in [0.5, 0.6) is 11.5 Å². The quantitative estimate of drug-likeness (QED) is 0.446. The van der Waals surface area contributed by atoms with E-state index in [1.54, 1.807) is 12.3 Å². The number of thioether (sulfide) groups is 1. The lowest BCUT2D eigenvalue weighted by Gasteiger charge is -2.12. The first-order chi connectivity index (χ1) is 14.0. The highest BCUT2D eigenvalue weighted by atomic mass is 32.2. The van der Waals surface area contributed by atoms with E-state index in [-0.39, 0.29) is 12.5 Å². The summed E-state index contributed by atoms with van der Waals surface area (Å²) in [7, 11) is 1.53. The van der Waals surface area contributed by atoms with Crippen molar-refractivity contribution in [2.75, 3.05) is 19.0 Å². The number of carbonyl (C=O) groups excluding carboxylic acids is 1. The number of nitrogens with one attached hydrogen (secondary N) is 1. The van der Waals surface area contributed by atoms with Crippen LogP contribution in [0, 0.1) is 13.8 Å². The maximum absolute atomic E-state index is 12.1. The summed E-state index contributed by atoms with van der Waals surface area (Å²) in [6, 6.07) is 12.9. The number of methoxy groups -OCH3 is 1. The van der Waals surface area contributed by atoms with E-state index in [2.05, 4.69) is 20.3 Å². The summed E-state index contributed by atoms with van der Waals surface area (Å²) in [6.45, 7) is 3.75. The van der Waals surface area contributed by atoms with Crippen LogP contribution in [-0.2, 0) is 10.5 Å². The second-order valence-corrected chi connectivity index (χ2v) is 7.19. The molecule has 0 bridgehead atoms. The molecule has 150 valence electrons. The smallest absolute Gasteiger partial charge is 0.262 e. The number of aromatic nitrogens is 3. The van der Waals surface area contributed by atoms with Crippen LogP contribution in [0.25, 0.3) is 0 Å². The van der Waals surface area contributed by atoms with Crippen LogP contribution in [0.15, 0.2) is 53.8 Å². The zero-order chi connectivity index (χ0) is 20.6. The van der Waals surface area contributed by atoms with Crippen molar-refractivity contribution < 1.29 is 14.3 Å². The highest BCUT2D eigenvalue weighted by molar-refractivity contribution is 7.98. The summed E-state index contributed by atoms with van der Waals surface area (Å²) in [4.78, 5) is 25.4. The molecule has 0 atom stereocenters. The molecular formula is C21H22N4O3S. The van der Waals surface area contributed by atoms with Crippen LogP contribution in [0.1, 0.15) is 17.1 Å². The van der Waals surface area contributed by atoms with E-state index in [4.69, 9.17) is 9.47 Å². The number of ether oxygens (including phenoxy) is 2. The predicted octanol–water partition coefficient (Wildman–Crippen LogP) is 3.81. The lowest BCUT2D eigenvalue weighted by atomic mass is 10.3. The van der Waals surface area contributed by atoms with E-state index in [0.717, 1.165) is 17.1 Å². The van der Waals surface area contributed by atoms with Crippen molar-refractivity contribution in [1.29, 1.82) is 0 Å². The number of hydrogen-bond donors (Lipinski definition) is 1. The number of para-hydroxylation sites is 1. The number of carbonyl (C=O) groups is 1. The molecule has 0 radical (unpaired) electrons. The standard InChI is InChI=1S/C21H22N4O3S/c1-14-9-15(2)24-21(23-14)29-13-17-10-18(19(27-3)11-22-17)28-12-20(26)25-16-7-5-4-6-8-16/h4-11H,12-13H2,1-3H3,(H,25,26). The summed E-state index contributed by atoms with van der Waals surface area (Å²) in [5, 5.41) is 3.48. The fraction of sp³-hybridized carbons (Fsp3) is 0.238. The number of pyridine rings is 1. The van der Waals surface area contributed by atoms with Crippen LogP contribution in [0.4, 0.5) is 5.69 Å². The van der Waals surface area contributed by atoms with Gasteiger partial charge in [-0.3, -0.25) is 9.78 Å². The number of hydrogen-bond acceptors (Lipinski definition) is 7. The van der Waals surface area contributed by atoms with Gasteiger partial charge in [-0.05, 0) is 32.0 Å². The van der Waals surface area contributed by atoms with Crippen molar-refractivity contribution in [3.05, 3.63) is 65.7 Å². The number of nitrogens with zero attached hydrogens (tertiary/aromatic N) is 3. The third kappa shape index (κ3) is 6.18. The molecule has 0 aliphatic rings. The third-order valence-corrected chi connectivity index (χ3v) is 4.72. The number of amides is 1. The predicted molar refractivity (Wildman–Crippen MR) is 112 cm³/mol. The van der Waals surface area contributed by atoms with Crippen molar-refractivity contribution in [3.8, 4) is 11.5 Å². The Balaban J connectivity index is 1.62. The first kappa shape index (κ1) is 20.6. The average Bonchev–Trinajstić information content (AvgIpc) is 2.71. The zero-order valence-corrected chi connectivity index (χ0v) is 17.3. The third-order valence-electron chi connectivity index (χ3n) is 3.84. The Morgan fingerprint density at radius 3 is 2.48 bits per heavy atom. The first-order valence-electron chi connectivity index (χ1n) is 8.99. The van der Waals surface area contributed by atoms with Gasteiger partial charge < -0.3 is 14.8 Å². The van der Waals surface area contributed by atoms with Crippen LogP contribution >= 0.6 is 11.8 Å². The monoisotopic (exact) mass is 410 g/mol. The molecule has 3 rings (SSSR count). The van der Waals surface area contributed by atoms with E-state index in [1.807, 2.05) is 50.2 Å². The molecule has 0 spiro atoms. The summed E-state index contributed by atoms with van der Waals surface area (Å²) >= 11 is 1.49. The summed E-state index contributed by atoms with van der Waals surface area (Å²) in [6.07, 6.45) is 1.59. The van der Waals surface area contributed by atoms with Gasteiger partial charge in [0, 0.05) is 28.9 Å². The van der Waals surface area contributed by atoms with Gasteiger partial charge >= 0.3 is 0 Å². The lowest BCUT2D eigenvalue weighted by molar-refractivity contribution is -0.118. The molecule has 29 heavy (non-hydrogen) atoms. The first-order valence-corrected chi connectivity index (χ1v) is 9.98. The van der Waals surface area contributed by atoms with Gasteiger partial charge in [0.25, 0.3) is 5.91 Å². The summed E-state index contributed by atoms with van der Waals surface area (Å²) in [5.74, 6) is 1.24. The molecule has 1 amide bonds. The fourth-order valence-corrected chi connectivity index (χ4v) is 3.42. The van der Waals surface area contributed by atoms with Crippen LogP contribution in [-0.4, -0.2) is 34.6 Å². The maximum atomic E-state index is 12.1. The van der Waals surface area contributed by atoms with Crippen molar-refractivity contribution >= 4 is 23.4 Å². The van der Waals surface area contributed by atoms with Crippen LogP contribution in [0.2, 0.25) is 0 Å². The van der Waals surface area contributed by atoms with Gasteiger partial charge in [0.1, 0.15) is 0 Å². The van der Waals surface area contributed by atoms with Gasteiger partial charge in [-0.15, -0.1) is 0 Å². The SMILES string of the molecule is COc1cnc(CSc2nc(C)cc(C)n2)cc1OCC(=O)Nc1ccccc1. The topological polar surface area (TPSA) is 86.2 Å². The number of benzene rings is 1. The largest absolute Gasteiger partial charge is 0.491 e. The maximum Gasteiger partial charge on any atom is 0.262 e. The van der Waals surface area contributed by atoms with E-state index >= 15 is 0 Å². The summed E-state index contributed by atoms with van der Waals surface area (Å²) < 4.78 is 11.0. The highest BCUT2D eigenvalue weighted by Crippen LogP contribution is 2.29. The molecule has 1 aromatic carbocycles. The minimum atomic E-state index is -0.255. The molecule has 0 aliphatic carbocycles. The van der Waals surface area contributed by atoms with E-state index in [9.17, 15) is 4.79 Å². The molecule has 1 N–H and O–H groups in total. The Morgan fingerprint density at radius 1 is 1.07 bits per heavy atom. The van der Waals surface area contributed by atoms with E-state index in [1.165, 1.54) is 18.9 Å². The molecule has 7 nitrogen and oxygen atoms in total. The van der Waals surface area contributed by atoms with Gasteiger partial charge in [0.2, 0.25) is 0 Å². The molecule has 0 aliphatic heterocycles. The second-order valence-electron chi connectivity index (χ2n) is 6.25. The molecule has 0 saturated heterocycles. The number of rotatable bonds is 8. The average molecular weight is 410 g/mol. The molecule has 0 fully saturated rings. The molecule has 2 aromatic heterocycles. The molecule has 2 heterocycles. The van der Waals surface area contributed by atoms with Crippen molar-refractivity contribution in [3.63, 3.8) is 0 Å².